The van der Waals surface area contributed by atoms with Crippen LogP contribution in [0.2, 0.25) is 0 Å². The van der Waals surface area contributed by atoms with Crippen molar-refractivity contribution in [2.45, 2.75) is 13.0 Å². The van der Waals surface area contributed by atoms with Gasteiger partial charge in [0.2, 0.25) is 0 Å². The van der Waals surface area contributed by atoms with E-state index >= 15 is 0 Å². The first-order valence-corrected chi connectivity index (χ1v) is 8.42. The zero-order valence-electron chi connectivity index (χ0n) is 14.1. The summed E-state index contributed by atoms with van der Waals surface area (Å²) in [5.74, 6) is 1.50. The van der Waals surface area contributed by atoms with Crippen LogP contribution in [-0.2, 0) is 6.54 Å². The molecule has 0 unspecified atom stereocenters. The third-order valence-electron chi connectivity index (χ3n) is 3.94. The van der Waals surface area contributed by atoms with Crippen molar-refractivity contribution in [3.05, 3.63) is 66.1 Å². The number of hydrogen-bond acceptors (Lipinski definition) is 5. The molecule has 1 aliphatic rings. The topological polar surface area (TPSA) is 78.3 Å². The van der Waals surface area contributed by atoms with Crippen molar-refractivity contribution in [3.63, 3.8) is 0 Å². The van der Waals surface area contributed by atoms with Gasteiger partial charge in [-0.3, -0.25) is 14.5 Å². The molecule has 0 radical (unpaired) electrons. The van der Waals surface area contributed by atoms with E-state index in [1.165, 1.54) is 0 Å². The SMILES string of the molecule is O=C(Nc1ccn(Cc2ccccn2)n1)c1ccc2c(c1)OCCCO2. The average Bonchev–Trinajstić information content (AvgIpc) is 2.96. The summed E-state index contributed by atoms with van der Waals surface area (Å²) in [6.45, 7) is 1.74. The number of nitrogens with one attached hydrogen (secondary N) is 1. The molecule has 26 heavy (non-hydrogen) atoms. The number of nitrogens with zero attached hydrogens (tertiary/aromatic N) is 3. The lowest BCUT2D eigenvalue weighted by Gasteiger charge is -2.09. The molecule has 0 saturated heterocycles. The molecule has 7 heteroatoms. The molecule has 7 nitrogen and oxygen atoms in total. The van der Waals surface area contributed by atoms with E-state index in [0.717, 1.165) is 12.1 Å². The summed E-state index contributed by atoms with van der Waals surface area (Å²) in [4.78, 5) is 16.8. The molecule has 3 heterocycles. The number of pyridine rings is 1. The number of fused-ring (bicyclic) bond motifs is 1. The molecule has 2 aromatic heterocycles. The minimum absolute atomic E-state index is 0.247. The highest BCUT2D eigenvalue weighted by Gasteiger charge is 2.15. The van der Waals surface area contributed by atoms with Crippen LogP contribution >= 0.6 is 0 Å². The Morgan fingerprint density at radius 1 is 1.12 bits per heavy atom. The summed E-state index contributed by atoms with van der Waals surface area (Å²) in [6, 6.07) is 12.7. The molecule has 0 bridgehead atoms. The van der Waals surface area contributed by atoms with E-state index in [9.17, 15) is 4.79 Å². The first-order valence-electron chi connectivity index (χ1n) is 8.42. The molecule has 1 N–H and O–H groups in total. The monoisotopic (exact) mass is 350 g/mol. The van der Waals surface area contributed by atoms with Crippen LogP contribution in [0.3, 0.4) is 0 Å². The van der Waals surface area contributed by atoms with Crippen LogP contribution in [0.25, 0.3) is 0 Å². The van der Waals surface area contributed by atoms with Crippen molar-refractivity contribution in [1.29, 1.82) is 0 Å². The Morgan fingerprint density at radius 3 is 2.85 bits per heavy atom. The Bertz CT molecular complexity index is 908. The van der Waals surface area contributed by atoms with E-state index in [2.05, 4.69) is 15.4 Å². The number of rotatable bonds is 4. The Hall–Kier alpha value is -3.35. The molecular weight excluding hydrogens is 332 g/mol. The largest absolute Gasteiger partial charge is 0.490 e. The molecule has 1 aliphatic heterocycles. The zero-order chi connectivity index (χ0) is 17.8. The van der Waals surface area contributed by atoms with E-state index in [1.54, 1.807) is 41.3 Å². The van der Waals surface area contributed by atoms with Crippen LogP contribution in [-0.4, -0.2) is 33.9 Å². The number of hydrogen-bond donors (Lipinski definition) is 1. The van der Waals surface area contributed by atoms with Gasteiger partial charge < -0.3 is 14.8 Å². The summed E-state index contributed by atoms with van der Waals surface area (Å²) in [6.07, 6.45) is 4.37. The fourth-order valence-electron chi connectivity index (χ4n) is 2.67. The van der Waals surface area contributed by atoms with Gasteiger partial charge in [-0.25, -0.2) is 0 Å². The van der Waals surface area contributed by atoms with Gasteiger partial charge in [-0.15, -0.1) is 0 Å². The van der Waals surface area contributed by atoms with Crippen LogP contribution < -0.4 is 14.8 Å². The van der Waals surface area contributed by atoms with Crippen LogP contribution in [0, 0.1) is 0 Å². The lowest BCUT2D eigenvalue weighted by Crippen LogP contribution is -2.13. The molecule has 0 aliphatic carbocycles. The number of aromatic nitrogens is 3. The molecule has 132 valence electrons. The van der Waals surface area contributed by atoms with Gasteiger partial charge in [0.25, 0.3) is 5.91 Å². The Morgan fingerprint density at radius 2 is 2.00 bits per heavy atom. The average molecular weight is 350 g/mol. The highest BCUT2D eigenvalue weighted by molar-refractivity contribution is 6.04. The molecule has 3 aromatic rings. The van der Waals surface area contributed by atoms with Crippen molar-refractivity contribution >= 4 is 11.7 Å². The molecule has 1 amide bonds. The summed E-state index contributed by atoms with van der Waals surface area (Å²) >= 11 is 0. The molecule has 4 rings (SSSR count). The summed E-state index contributed by atoms with van der Waals surface area (Å²) < 4.78 is 12.9. The minimum Gasteiger partial charge on any atom is -0.490 e. The number of carbonyl (C=O) groups is 1. The predicted octanol–water partition coefficient (Wildman–Crippen LogP) is 2.74. The summed E-state index contributed by atoms with van der Waals surface area (Å²) in [5, 5.41) is 7.16. The lowest BCUT2D eigenvalue weighted by molar-refractivity contribution is 0.102. The van der Waals surface area contributed by atoms with Crippen LogP contribution in [0.1, 0.15) is 22.5 Å². The van der Waals surface area contributed by atoms with Gasteiger partial charge in [-0.1, -0.05) is 6.07 Å². The standard InChI is InChI=1S/C19H18N4O3/c24-19(14-5-6-16-17(12-14)26-11-3-10-25-16)21-18-7-9-23(22-18)13-15-4-1-2-8-20-15/h1-2,4-9,12H,3,10-11,13H2,(H,21,22,24). The number of benzene rings is 1. The van der Waals surface area contributed by atoms with E-state index in [0.29, 0.717) is 42.6 Å². The van der Waals surface area contributed by atoms with Gasteiger partial charge in [-0.2, -0.15) is 5.10 Å². The van der Waals surface area contributed by atoms with Gasteiger partial charge in [0.1, 0.15) is 0 Å². The van der Waals surface area contributed by atoms with Gasteiger partial charge in [-0.05, 0) is 30.3 Å². The second kappa shape index (κ2) is 7.26. The highest BCUT2D eigenvalue weighted by Crippen LogP contribution is 2.30. The second-order valence-electron chi connectivity index (χ2n) is 5.89. The second-order valence-corrected chi connectivity index (χ2v) is 5.89. The fraction of sp³-hybridized carbons (Fsp3) is 0.211. The quantitative estimate of drug-likeness (QED) is 0.783. The van der Waals surface area contributed by atoms with E-state index in [1.807, 2.05) is 18.2 Å². The van der Waals surface area contributed by atoms with Crippen molar-refractivity contribution in [2.75, 3.05) is 18.5 Å². The van der Waals surface area contributed by atoms with E-state index < -0.39 is 0 Å². The third kappa shape index (κ3) is 3.66. The molecule has 1 aromatic carbocycles. The highest BCUT2D eigenvalue weighted by atomic mass is 16.5. The maximum atomic E-state index is 12.5. The minimum atomic E-state index is -0.247. The first-order chi connectivity index (χ1) is 12.8. The molecule has 0 fully saturated rings. The van der Waals surface area contributed by atoms with Crippen molar-refractivity contribution in [1.82, 2.24) is 14.8 Å². The predicted molar refractivity (Wildman–Crippen MR) is 95.6 cm³/mol. The molecule has 0 spiro atoms. The fourth-order valence-corrected chi connectivity index (χ4v) is 2.67. The van der Waals surface area contributed by atoms with Crippen molar-refractivity contribution in [3.8, 4) is 11.5 Å². The van der Waals surface area contributed by atoms with Crippen molar-refractivity contribution in [2.24, 2.45) is 0 Å². The first kappa shape index (κ1) is 16.1. The van der Waals surface area contributed by atoms with E-state index in [4.69, 9.17) is 9.47 Å². The Balaban J connectivity index is 1.44. The van der Waals surface area contributed by atoms with Crippen LogP contribution in [0.4, 0.5) is 5.82 Å². The van der Waals surface area contributed by atoms with Gasteiger partial charge in [0.05, 0.1) is 25.5 Å². The molecule has 0 atom stereocenters. The lowest BCUT2D eigenvalue weighted by atomic mass is 10.2. The van der Waals surface area contributed by atoms with Gasteiger partial charge >= 0.3 is 0 Å². The maximum absolute atomic E-state index is 12.5. The van der Waals surface area contributed by atoms with Crippen molar-refractivity contribution < 1.29 is 14.3 Å². The molecule has 0 saturated carbocycles. The van der Waals surface area contributed by atoms with Crippen LogP contribution in [0.15, 0.2) is 54.9 Å². The number of carbonyl (C=O) groups excluding carboxylic acids is 1. The number of amides is 1. The Labute approximate surface area is 150 Å². The van der Waals surface area contributed by atoms with Gasteiger partial charge in [0, 0.05) is 30.4 Å². The number of ether oxygens (including phenoxy) is 2. The number of anilines is 1. The van der Waals surface area contributed by atoms with E-state index in [-0.39, 0.29) is 5.91 Å². The maximum Gasteiger partial charge on any atom is 0.257 e. The van der Waals surface area contributed by atoms with Crippen LogP contribution in [0.5, 0.6) is 11.5 Å². The van der Waals surface area contributed by atoms with Gasteiger partial charge in [0.15, 0.2) is 17.3 Å². The third-order valence-corrected chi connectivity index (χ3v) is 3.94. The summed E-state index contributed by atoms with van der Waals surface area (Å²) in [7, 11) is 0. The zero-order valence-corrected chi connectivity index (χ0v) is 14.1. The smallest absolute Gasteiger partial charge is 0.257 e. The normalized spacial score (nSPS) is 13.1. The Kier molecular flexibility index (Phi) is 4.51. The molecular formula is C19H18N4O3. The summed E-state index contributed by atoms with van der Waals surface area (Å²) in [5.41, 5.74) is 1.39.